The Bertz CT molecular complexity index is 1230. The van der Waals surface area contributed by atoms with Crippen molar-refractivity contribution < 1.29 is 4.79 Å². The van der Waals surface area contributed by atoms with Crippen LogP contribution >= 0.6 is 11.6 Å². The number of anilines is 2. The van der Waals surface area contributed by atoms with Gasteiger partial charge in [0.2, 0.25) is 11.9 Å². The molecule has 0 spiro atoms. The summed E-state index contributed by atoms with van der Waals surface area (Å²) in [5.41, 5.74) is 1.24. The molecule has 2 atom stereocenters. The number of amides is 1. The molecule has 9 nitrogen and oxygen atoms in total. The number of nitrogens with one attached hydrogen (secondary N) is 1. The molecule has 5 rings (SSSR count). The van der Waals surface area contributed by atoms with Gasteiger partial charge in [-0.1, -0.05) is 17.7 Å². The number of fused-ring (bicyclic) bond motifs is 1. The largest absolute Gasteiger partial charge is 0.353 e. The van der Waals surface area contributed by atoms with Crippen LogP contribution in [0.5, 0.6) is 0 Å². The summed E-state index contributed by atoms with van der Waals surface area (Å²) >= 11 is 6.48. The minimum atomic E-state index is -0.563. The zero-order chi connectivity index (χ0) is 24.9. The molecule has 0 saturated carbocycles. The molecule has 3 aromatic rings. The van der Waals surface area contributed by atoms with Gasteiger partial charge in [0.05, 0.1) is 29.5 Å². The molecule has 2 fully saturated rings. The Kier molecular flexibility index (Phi) is 6.09. The van der Waals surface area contributed by atoms with Gasteiger partial charge in [-0.15, -0.1) is 0 Å². The van der Waals surface area contributed by atoms with Crippen LogP contribution in [0.4, 0.5) is 11.8 Å². The summed E-state index contributed by atoms with van der Waals surface area (Å²) < 4.78 is 2.01. The van der Waals surface area contributed by atoms with Crippen molar-refractivity contribution in [1.29, 1.82) is 0 Å². The molecule has 2 aliphatic heterocycles. The molecule has 10 heteroatoms. The second-order valence-corrected chi connectivity index (χ2v) is 10.8. The van der Waals surface area contributed by atoms with E-state index in [1.54, 1.807) is 6.20 Å². The molecule has 0 aromatic carbocycles. The van der Waals surface area contributed by atoms with Crippen LogP contribution in [0.25, 0.3) is 5.65 Å². The van der Waals surface area contributed by atoms with E-state index in [1.807, 2.05) is 48.8 Å². The second-order valence-electron chi connectivity index (χ2n) is 10.4. The molecule has 0 bridgehead atoms. The predicted molar refractivity (Wildman–Crippen MR) is 138 cm³/mol. The lowest BCUT2D eigenvalue weighted by Gasteiger charge is -2.43. The number of likely N-dealkylation sites (N-methyl/N-ethyl adjacent to an activating group) is 1. The summed E-state index contributed by atoms with van der Waals surface area (Å²) in [6, 6.07) is 6.69. The first kappa shape index (κ1) is 23.8. The summed E-state index contributed by atoms with van der Waals surface area (Å²) in [5, 5.41) is 3.72. The van der Waals surface area contributed by atoms with Crippen LogP contribution in [0.1, 0.15) is 33.4 Å². The minimum Gasteiger partial charge on any atom is -0.353 e. The molecule has 35 heavy (non-hydrogen) atoms. The lowest BCUT2D eigenvalue weighted by Crippen LogP contribution is -2.57. The van der Waals surface area contributed by atoms with Crippen molar-refractivity contribution in [1.82, 2.24) is 29.6 Å². The number of rotatable bonds is 5. The number of carbonyl (C=O) groups is 1. The Morgan fingerprint density at radius 1 is 1.06 bits per heavy atom. The van der Waals surface area contributed by atoms with E-state index < -0.39 is 5.54 Å². The van der Waals surface area contributed by atoms with Gasteiger partial charge >= 0.3 is 0 Å². The number of hydrogen-bond acceptors (Lipinski definition) is 7. The predicted octanol–water partition coefficient (Wildman–Crippen LogP) is 2.79. The molecule has 2 saturated heterocycles. The fourth-order valence-electron chi connectivity index (χ4n) is 4.98. The number of nitrogens with zero attached hydrogens (tertiary/aromatic N) is 7. The monoisotopic (exact) mass is 496 g/mol. The average Bonchev–Trinajstić information content (AvgIpc) is 3.22. The Morgan fingerprint density at radius 3 is 2.49 bits per heavy atom. The standard InChI is InChI=1S/C25H33ClN8O/c1-16-12-33(13-17(2)31(16)5)24-28-10-19(26)22(29-24)32-14-18(15-32)23(35)30-25(3,4)20-11-27-21-8-6-7-9-34(20)21/h6-11,16-18H,12-15H2,1-5H3,(H,30,35)/t16-,17?/m0/s1. The number of halogens is 1. The molecule has 5 heterocycles. The van der Waals surface area contributed by atoms with E-state index in [0.29, 0.717) is 42.0 Å². The molecular weight excluding hydrogens is 464 g/mol. The third kappa shape index (κ3) is 4.43. The van der Waals surface area contributed by atoms with Crippen LogP contribution in [0.3, 0.4) is 0 Å². The van der Waals surface area contributed by atoms with E-state index >= 15 is 0 Å². The first-order valence-electron chi connectivity index (χ1n) is 12.1. The molecule has 3 aromatic heterocycles. The maximum Gasteiger partial charge on any atom is 0.227 e. The minimum absolute atomic E-state index is 0.0178. The van der Waals surface area contributed by atoms with Crippen LogP contribution in [-0.2, 0) is 10.3 Å². The second kappa shape index (κ2) is 8.95. The van der Waals surface area contributed by atoms with Gasteiger partial charge in [-0.3, -0.25) is 9.69 Å². The molecule has 186 valence electrons. The highest BCUT2D eigenvalue weighted by Crippen LogP contribution is 2.32. The van der Waals surface area contributed by atoms with Gasteiger partial charge in [0.1, 0.15) is 10.7 Å². The van der Waals surface area contributed by atoms with Gasteiger partial charge < -0.3 is 19.5 Å². The van der Waals surface area contributed by atoms with Crippen LogP contribution in [0.15, 0.2) is 36.8 Å². The van der Waals surface area contributed by atoms with Crippen molar-refractivity contribution in [3.05, 3.63) is 47.5 Å². The highest BCUT2D eigenvalue weighted by Gasteiger charge is 2.38. The number of aromatic nitrogens is 4. The van der Waals surface area contributed by atoms with Crippen molar-refractivity contribution in [2.75, 3.05) is 43.0 Å². The number of piperazine rings is 1. The topological polar surface area (TPSA) is 81.9 Å². The zero-order valence-corrected chi connectivity index (χ0v) is 21.7. The number of pyridine rings is 1. The lowest BCUT2D eigenvalue weighted by molar-refractivity contribution is -0.127. The molecule has 1 unspecified atom stereocenters. The summed E-state index contributed by atoms with van der Waals surface area (Å²) in [7, 11) is 2.16. The van der Waals surface area contributed by atoms with Crippen molar-refractivity contribution >= 4 is 34.9 Å². The van der Waals surface area contributed by atoms with E-state index in [2.05, 4.69) is 50.9 Å². The van der Waals surface area contributed by atoms with Gasteiger partial charge in [-0.2, -0.15) is 4.98 Å². The van der Waals surface area contributed by atoms with Crippen molar-refractivity contribution in [2.24, 2.45) is 5.92 Å². The number of imidazole rings is 1. The van der Waals surface area contributed by atoms with E-state index in [9.17, 15) is 4.79 Å². The first-order chi connectivity index (χ1) is 16.6. The van der Waals surface area contributed by atoms with E-state index in [4.69, 9.17) is 16.6 Å². The molecule has 1 N–H and O–H groups in total. The van der Waals surface area contributed by atoms with Crippen molar-refractivity contribution in [3.8, 4) is 0 Å². The quantitative estimate of drug-likeness (QED) is 0.581. The number of hydrogen-bond donors (Lipinski definition) is 1. The highest BCUT2D eigenvalue weighted by molar-refractivity contribution is 6.32. The smallest absolute Gasteiger partial charge is 0.227 e. The van der Waals surface area contributed by atoms with Crippen molar-refractivity contribution in [2.45, 2.75) is 45.3 Å². The normalized spacial score (nSPS) is 21.9. The number of carbonyl (C=O) groups excluding carboxylic acids is 1. The molecule has 0 aliphatic carbocycles. The zero-order valence-electron chi connectivity index (χ0n) is 20.9. The Labute approximate surface area is 211 Å². The van der Waals surface area contributed by atoms with Gasteiger partial charge in [-0.25, -0.2) is 9.97 Å². The maximum atomic E-state index is 13.1. The fraction of sp³-hybridized carbons (Fsp3) is 0.520. The SMILES string of the molecule is CC1CN(c2ncc(Cl)c(N3CC(C(=O)NC(C)(C)c4cnc5ccccn45)C3)n2)C[C@H](C)N1C. The summed E-state index contributed by atoms with van der Waals surface area (Å²) in [4.78, 5) is 33.5. The summed E-state index contributed by atoms with van der Waals surface area (Å²) in [5.74, 6) is 1.27. The third-order valence-electron chi connectivity index (χ3n) is 7.40. The van der Waals surface area contributed by atoms with E-state index in [1.165, 1.54) is 0 Å². The van der Waals surface area contributed by atoms with E-state index in [-0.39, 0.29) is 11.8 Å². The van der Waals surface area contributed by atoms with Gasteiger partial charge in [-0.05, 0) is 46.9 Å². The van der Waals surface area contributed by atoms with Crippen LogP contribution in [0, 0.1) is 5.92 Å². The third-order valence-corrected chi connectivity index (χ3v) is 7.67. The summed E-state index contributed by atoms with van der Waals surface area (Å²) in [6.45, 7) is 11.3. The van der Waals surface area contributed by atoms with Gasteiger partial charge in [0.15, 0.2) is 5.82 Å². The Balaban J connectivity index is 1.25. The maximum absolute atomic E-state index is 13.1. The highest BCUT2D eigenvalue weighted by atomic mass is 35.5. The van der Waals surface area contributed by atoms with Crippen LogP contribution in [-0.4, -0.2) is 75.5 Å². The van der Waals surface area contributed by atoms with E-state index in [0.717, 1.165) is 24.4 Å². The molecule has 0 radical (unpaired) electrons. The fourth-order valence-corrected chi connectivity index (χ4v) is 5.19. The van der Waals surface area contributed by atoms with Crippen molar-refractivity contribution in [3.63, 3.8) is 0 Å². The Hall–Kier alpha value is -2.91. The average molecular weight is 497 g/mol. The molecule has 1 amide bonds. The van der Waals surface area contributed by atoms with Gasteiger partial charge in [0, 0.05) is 44.5 Å². The van der Waals surface area contributed by atoms with Crippen LogP contribution < -0.4 is 15.1 Å². The molecular formula is C25H33ClN8O. The first-order valence-corrected chi connectivity index (χ1v) is 12.5. The van der Waals surface area contributed by atoms with Crippen LogP contribution in [0.2, 0.25) is 5.02 Å². The van der Waals surface area contributed by atoms with Gasteiger partial charge in [0.25, 0.3) is 0 Å². The molecule has 2 aliphatic rings. The Morgan fingerprint density at radius 2 is 1.77 bits per heavy atom. The summed E-state index contributed by atoms with van der Waals surface area (Å²) in [6.07, 6.45) is 5.46. The lowest BCUT2D eigenvalue weighted by atomic mass is 9.95.